The van der Waals surface area contributed by atoms with Crippen molar-refractivity contribution in [2.24, 2.45) is 5.14 Å². The summed E-state index contributed by atoms with van der Waals surface area (Å²) in [5.74, 6) is -0.862. The maximum Gasteiger partial charge on any atom is 0.335 e. The average molecular weight is 515 g/mol. The van der Waals surface area contributed by atoms with E-state index in [4.69, 9.17) is 9.88 Å². The van der Waals surface area contributed by atoms with Crippen molar-refractivity contribution in [3.63, 3.8) is 0 Å². The number of unbranched alkanes of at least 4 members (excludes halogenated alkanes) is 1. The molecule has 0 bridgehead atoms. The minimum absolute atomic E-state index is 0.0187. The van der Waals surface area contributed by atoms with Crippen LogP contribution < -0.4 is 15.2 Å². The molecule has 0 unspecified atom stereocenters. The summed E-state index contributed by atoms with van der Waals surface area (Å²) < 4.78 is 30.7. The number of benzene rings is 3. The molecule has 0 amide bonds. The van der Waals surface area contributed by atoms with Crippen molar-refractivity contribution in [3.8, 4) is 11.5 Å². The minimum Gasteiger partial charge on any atom is -0.478 e. The second-order valence-electron chi connectivity index (χ2n) is 9.33. The van der Waals surface area contributed by atoms with E-state index in [0.717, 1.165) is 29.9 Å². The number of carbonyl (C=O) groups is 1. The Morgan fingerprint density at radius 1 is 1.00 bits per heavy atom. The van der Waals surface area contributed by atoms with E-state index in [9.17, 15) is 18.3 Å². The Morgan fingerprint density at radius 3 is 2.08 bits per heavy atom. The highest BCUT2D eigenvalue weighted by Gasteiger charge is 2.23. The summed E-state index contributed by atoms with van der Waals surface area (Å²) in [7, 11) is 2.41. The van der Waals surface area contributed by atoms with E-state index in [1.807, 2.05) is 6.92 Å². The van der Waals surface area contributed by atoms with Gasteiger partial charge in [0.1, 0.15) is 17.2 Å². The van der Waals surface area contributed by atoms with Gasteiger partial charge in [0.2, 0.25) is 10.0 Å². The predicted octanol–water partition coefficient (Wildman–Crippen LogP) is 4.93. The number of carboxylic acids is 1. The van der Waals surface area contributed by atoms with Gasteiger partial charge in [-0.1, -0.05) is 61.9 Å². The smallest absolute Gasteiger partial charge is 0.335 e. The van der Waals surface area contributed by atoms with E-state index in [0.29, 0.717) is 12.3 Å². The van der Waals surface area contributed by atoms with Crippen LogP contribution in [0.4, 0.5) is 5.69 Å². The van der Waals surface area contributed by atoms with E-state index < -0.39 is 16.0 Å². The van der Waals surface area contributed by atoms with Gasteiger partial charge in [-0.3, -0.25) is 0 Å². The lowest BCUT2D eigenvalue weighted by atomic mass is 10.1. The van der Waals surface area contributed by atoms with Crippen molar-refractivity contribution in [1.82, 2.24) is 0 Å². The number of sulfonamides is 1. The van der Waals surface area contributed by atoms with Crippen molar-refractivity contribution in [2.45, 2.75) is 31.2 Å². The van der Waals surface area contributed by atoms with Gasteiger partial charge < -0.3 is 19.6 Å². The number of nitrogens with two attached hydrogens (primary N) is 1. The van der Waals surface area contributed by atoms with Gasteiger partial charge in [0.05, 0.1) is 32.4 Å². The van der Waals surface area contributed by atoms with Crippen molar-refractivity contribution in [3.05, 3.63) is 83.9 Å². The van der Waals surface area contributed by atoms with Crippen LogP contribution in [0.25, 0.3) is 0 Å². The van der Waals surface area contributed by atoms with Crippen LogP contribution in [0.3, 0.4) is 0 Å². The lowest BCUT2D eigenvalue weighted by Crippen LogP contribution is -2.33. The molecule has 8 nitrogen and oxygen atoms in total. The zero-order valence-corrected chi connectivity index (χ0v) is 22.1. The second-order valence-corrected chi connectivity index (χ2v) is 10.9. The molecule has 0 radical (unpaired) electrons. The van der Waals surface area contributed by atoms with Crippen LogP contribution in [-0.4, -0.2) is 51.7 Å². The lowest BCUT2D eigenvalue weighted by molar-refractivity contribution is -0.884. The molecule has 0 fully saturated rings. The molecule has 3 aromatic rings. The molecule has 0 aromatic heterocycles. The summed E-state index contributed by atoms with van der Waals surface area (Å²) in [6, 6.07) is 21.5. The highest BCUT2D eigenvalue weighted by Crippen LogP contribution is 2.37. The van der Waals surface area contributed by atoms with Gasteiger partial charge in [0.15, 0.2) is 5.75 Å². The highest BCUT2D eigenvalue weighted by atomic mass is 32.2. The Balaban J connectivity index is 0.000000346. The van der Waals surface area contributed by atoms with Crippen LogP contribution in [0.2, 0.25) is 0 Å². The topological polar surface area (TPSA) is 119 Å². The van der Waals surface area contributed by atoms with Crippen molar-refractivity contribution >= 4 is 21.7 Å². The van der Waals surface area contributed by atoms with Crippen LogP contribution in [-0.2, 0) is 16.6 Å². The molecule has 0 spiro atoms. The first kappa shape index (κ1) is 28.8. The SMILES string of the molecule is CCCCNc1cc(C(=O)O)cc(S(N)(=O)=O)c1Oc1ccccc1.C[N+](C)(C)Cc1ccccc1. The zero-order valence-electron chi connectivity index (χ0n) is 21.3. The molecule has 194 valence electrons. The molecule has 0 aliphatic carbocycles. The van der Waals surface area contributed by atoms with Crippen LogP contribution >= 0.6 is 0 Å². The molecule has 0 aliphatic rings. The Bertz CT molecular complexity index is 1230. The number of para-hydroxylation sites is 1. The van der Waals surface area contributed by atoms with Gasteiger partial charge in [-0.25, -0.2) is 18.4 Å². The first-order valence-electron chi connectivity index (χ1n) is 11.7. The molecule has 3 rings (SSSR count). The summed E-state index contributed by atoms with van der Waals surface area (Å²) in [6.07, 6.45) is 1.75. The van der Waals surface area contributed by atoms with Gasteiger partial charge in [0.25, 0.3) is 0 Å². The predicted molar refractivity (Wildman–Crippen MR) is 143 cm³/mol. The maximum atomic E-state index is 12.0. The number of hydrogen-bond donors (Lipinski definition) is 3. The van der Waals surface area contributed by atoms with E-state index in [-0.39, 0.29) is 21.9 Å². The third-order valence-electron chi connectivity index (χ3n) is 4.92. The Labute approximate surface area is 214 Å². The molecule has 0 saturated carbocycles. The molecular formula is C27H36N3O5S+. The molecule has 4 N–H and O–H groups in total. The number of rotatable bonds is 10. The Kier molecular flexibility index (Phi) is 10.5. The van der Waals surface area contributed by atoms with E-state index in [1.165, 1.54) is 11.6 Å². The highest BCUT2D eigenvalue weighted by molar-refractivity contribution is 7.89. The number of primary sulfonamides is 1. The number of quaternary nitrogens is 1. The monoisotopic (exact) mass is 514 g/mol. The number of carboxylic acid groups (broad SMARTS) is 1. The number of nitrogens with one attached hydrogen (secondary N) is 1. The molecule has 3 aromatic carbocycles. The third kappa shape index (κ3) is 9.69. The normalized spacial score (nSPS) is 11.2. The summed E-state index contributed by atoms with van der Waals surface area (Å²) in [6.45, 7) is 3.64. The van der Waals surface area contributed by atoms with Crippen molar-refractivity contribution in [2.75, 3.05) is 33.0 Å². The van der Waals surface area contributed by atoms with Crippen LogP contribution in [0, 0.1) is 0 Å². The fourth-order valence-electron chi connectivity index (χ4n) is 3.31. The van der Waals surface area contributed by atoms with Crippen LogP contribution in [0.15, 0.2) is 77.7 Å². The summed E-state index contributed by atoms with van der Waals surface area (Å²) in [5, 5.41) is 17.6. The van der Waals surface area contributed by atoms with E-state index in [2.05, 4.69) is 56.8 Å². The largest absolute Gasteiger partial charge is 0.478 e. The molecular weight excluding hydrogens is 478 g/mol. The Hall–Kier alpha value is -3.40. The quantitative estimate of drug-likeness (QED) is 0.261. The number of ether oxygens (including phenoxy) is 1. The zero-order chi connectivity index (χ0) is 26.8. The minimum atomic E-state index is -4.19. The third-order valence-corrected chi connectivity index (χ3v) is 5.83. The molecule has 9 heteroatoms. The molecule has 0 heterocycles. The lowest BCUT2D eigenvalue weighted by Gasteiger charge is -2.23. The summed E-state index contributed by atoms with van der Waals surface area (Å²) in [4.78, 5) is 10.9. The number of hydrogen-bond acceptors (Lipinski definition) is 5. The molecule has 0 atom stereocenters. The van der Waals surface area contributed by atoms with Gasteiger partial charge >= 0.3 is 5.97 Å². The van der Waals surface area contributed by atoms with Gasteiger partial charge in [-0.2, -0.15) is 0 Å². The van der Waals surface area contributed by atoms with Gasteiger partial charge in [-0.05, 0) is 30.7 Å². The maximum absolute atomic E-state index is 12.0. The van der Waals surface area contributed by atoms with Crippen molar-refractivity contribution in [1.29, 1.82) is 0 Å². The fourth-order valence-corrected chi connectivity index (χ4v) is 4.01. The second kappa shape index (κ2) is 13.1. The number of aromatic carboxylic acids is 1. The van der Waals surface area contributed by atoms with E-state index >= 15 is 0 Å². The standard InChI is InChI=1S/C17H20N2O5S.C10H16N/c1-2-3-9-19-14-10-12(17(20)21)11-15(25(18,22)23)16(14)24-13-7-5-4-6-8-13;1-11(2,3)9-10-7-5-4-6-8-10/h4-8,10-11,19H,2-3,9H2,1H3,(H,20,21)(H2,18,22,23);4-8H,9H2,1-3H3/q;+1. The van der Waals surface area contributed by atoms with Gasteiger partial charge in [0, 0.05) is 12.1 Å². The first-order valence-corrected chi connectivity index (χ1v) is 13.2. The molecule has 36 heavy (non-hydrogen) atoms. The van der Waals surface area contributed by atoms with Gasteiger partial charge in [-0.15, -0.1) is 0 Å². The first-order chi connectivity index (χ1) is 16.9. The number of anilines is 1. The van der Waals surface area contributed by atoms with Crippen LogP contribution in [0.1, 0.15) is 35.7 Å². The molecule has 0 aliphatic heterocycles. The summed E-state index contributed by atoms with van der Waals surface area (Å²) >= 11 is 0. The van der Waals surface area contributed by atoms with E-state index in [1.54, 1.807) is 30.3 Å². The van der Waals surface area contributed by atoms with Crippen molar-refractivity contribution < 1.29 is 27.5 Å². The average Bonchev–Trinajstić information content (AvgIpc) is 2.80. The van der Waals surface area contributed by atoms with Crippen LogP contribution in [0.5, 0.6) is 11.5 Å². The Morgan fingerprint density at radius 2 is 1.58 bits per heavy atom. The number of nitrogens with zero attached hydrogens (tertiary/aromatic N) is 1. The molecule has 0 saturated heterocycles. The summed E-state index contributed by atoms with van der Waals surface area (Å²) in [5.41, 5.74) is 1.48. The fraction of sp³-hybridized carbons (Fsp3) is 0.296.